The van der Waals surface area contributed by atoms with Gasteiger partial charge in [-0.3, -0.25) is 9.59 Å². The van der Waals surface area contributed by atoms with Gasteiger partial charge < -0.3 is 15.0 Å². The van der Waals surface area contributed by atoms with Gasteiger partial charge in [0.05, 0.1) is 10.5 Å². The molecule has 0 unspecified atom stereocenters. The number of carbonyl (C=O) groups is 2. The predicted octanol–water partition coefficient (Wildman–Crippen LogP) is 2.65. The van der Waals surface area contributed by atoms with Gasteiger partial charge in [0, 0.05) is 18.1 Å². The van der Waals surface area contributed by atoms with E-state index in [0.29, 0.717) is 12.1 Å². The van der Waals surface area contributed by atoms with E-state index in [9.17, 15) is 23.9 Å². The van der Waals surface area contributed by atoms with Gasteiger partial charge in [-0.2, -0.15) is 0 Å². The normalized spacial score (nSPS) is 12.4. The van der Waals surface area contributed by atoms with Crippen molar-refractivity contribution in [1.82, 2.24) is 9.88 Å². The van der Waals surface area contributed by atoms with Crippen LogP contribution >= 0.6 is 11.6 Å². The lowest BCUT2D eigenvalue weighted by Crippen LogP contribution is -2.45. The number of nitrogens with one attached hydrogen (secondary N) is 1. The maximum atomic E-state index is 13.8. The number of fused-ring (bicyclic) bond motifs is 1. The predicted molar refractivity (Wildman–Crippen MR) is 92.6 cm³/mol. The molecule has 2 N–H and O–H groups in total. The third-order valence-corrected chi connectivity index (χ3v) is 4.22. The molecular weight excluding hydrogens is 351 g/mol. The number of carbonyl (C=O) groups excluding carboxylic acids is 1. The first-order chi connectivity index (χ1) is 11.7. The zero-order valence-corrected chi connectivity index (χ0v) is 14.7. The third-order valence-electron chi connectivity index (χ3n) is 3.93. The van der Waals surface area contributed by atoms with Crippen LogP contribution in [0.5, 0.6) is 0 Å². The molecule has 0 radical (unpaired) electrons. The first kappa shape index (κ1) is 18.9. The Morgan fingerprint density at radius 1 is 1.36 bits per heavy atom. The summed E-state index contributed by atoms with van der Waals surface area (Å²) in [6.07, 6.45) is 1.33. The quantitative estimate of drug-likeness (QED) is 0.849. The van der Waals surface area contributed by atoms with Crippen LogP contribution in [0.25, 0.3) is 10.9 Å². The van der Waals surface area contributed by atoms with Crippen molar-refractivity contribution in [2.75, 3.05) is 0 Å². The maximum Gasteiger partial charge on any atom is 0.326 e. The van der Waals surface area contributed by atoms with Crippen LogP contribution in [-0.4, -0.2) is 27.6 Å². The lowest BCUT2D eigenvalue weighted by molar-refractivity contribution is -0.140. The van der Waals surface area contributed by atoms with Gasteiger partial charge in [-0.25, -0.2) is 9.18 Å². The van der Waals surface area contributed by atoms with Gasteiger partial charge in [-0.15, -0.1) is 0 Å². The summed E-state index contributed by atoms with van der Waals surface area (Å²) in [5.74, 6) is -3.15. The number of benzene rings is 1. The number of hydrogen-bond acceptors (Lipinski definition) is 3. The fourth-order valence-corrected chi connectivity index (χ4v) is 2.70. The first-order valence-electron chi connectivity index (χ1n) is 7.73. The molecule has 1 aromatic heterocycles. The highest BCUT2D eigenvalue weighted by atomic mass is 35.5. The number of pyridine rings is 1. The van der Waals surface area contributed by atoms with E-state index in [1.807, 2.05) is 0 Å². The molecule has 134 valence electrons. The summed E-state index contributed by atoms with van der Waals surface area (Å²) in [6.45, 7) is 5.48. The second-order valence-electron chi connectivity index (χ2n) is 5.97. The summed E-state index contributed by atoms with van der Waals surface area (Å²) in [7, 11) is 0. The van der Waals surface area contributed by atoms with Crippen LogP contribution < -0.4 is 10.7 Å². The van der Waals surface area contributed by atoms with Crippen molar-refractivity contribution in [3.63, 3.8) is 0 Å². The highest BCUT2D eigenvalue weighted by Crippen LogP contribution is 2.21. The number of aliphatic carboxylic acids is 1. The Bertz CT molecular complexity index is 908. The zero-order valence-electron chi connectivity index (χ0n) is 14.0. The van der Waals surface area contributed by atoms with Crippen LogP contribution in [0.15, 0.2) is 23.1 Å². The molecule has 2 aromatic rings. The van der Waals surface area contributed by atoms with Gasteiger partial charge in [0.2, 0.25) is 5.43 Å². The average molecular weight is 369 g/mol. The van der Waals surface area contributed by atoms with Gasteiger partial charge in [0.1, 0.15) is 17.4 Å². The van der Waals surface area contributed by atoms with Crippen LogP contribution in [0.3, 0.4) is 0 Å². The zero-order chi connectivity index (χ0) is 18.9. The molecule has 8 heteroatoms. The number of hydrogen-bond donors (Lipinski definition) is 2. The van der Waals surface area contributed by atoms with Gasteiger partial charge in [0.25, 0.3) is 5.91 Å². The maximum absolute atomic E-state index is 13.8. The van der Waals surface area contributed by atoms with Gasteiger partial charge in [0.15, 0.2) is 0 Å². The summed E-state index contributed by atoms with van der Waals surface area (Å²) in [5, 5.41) is 11.4. The molecule has 0 spiro atoms. The number of nitrogens with zero attached hydrogens (tertiary/aromatic N) is 1. The van der Waals surface area contributed by atoms with Crippen LogP contribution in [0.1, 0.15) is 31.1 Å². The molecule has 0 saturated heterocycles. The largest absolute Gasteiger partial charge is 0.480 e. The van der Waals surface area contributed by atoms with Crippen molar-refractivity contribution < 1.29 is 19.1 Å². The molecule has 0 saturated carbocycles. The van der Waals surface area contributed by atoms with Gasteiger partial charge >= 0.3 is 5.97 Å². The van der Waals surface area contributed by atoms with Gasteiger partial charge in [-0.05, 0) is 25.0 Å². The second-order valence-corrected chi connectivity index (χ2v) is 6.38. The van der Waals surface area contributed by atoms with E-state index < -0.39 is 29.2 Å². The number of carboxylic acid groups (broad SMARTS) is 1. The summed E-state index contributed by atoms with van der Waals surface area (Å²) >= 11 is 5.77. The fourth-order valence-electron chi connectivity index (χ4n) is 2.54. The Morgan fingerprint density at radius 3 is 2.52 bits per heavy atom. The summed E-state index contributed by atoms with van der Waals surface area (Å²) in [5.41, 5.74) is -0.530. The molecule has 25 heavy (non-hydrogen) atoms. The van der Waals surface area contributed by atoms with Crippen molar-refractivity contribution in [2.45, 2.75) is 33.4 Å². The second kappa shape index (κ2) is 7.23. The molecule has 0 aliphatic heterocycles. The highest BCUT2D eigenvalue weighted by Gasteiger charge is 2.26. The number of aromatic nitrogens is 1. The first-order valence-corrected chi connectivity index (χ1v) is 8.11. The minimum atomic E-state index is -1.20. The highest BCUT2D eigenvalue weighted by molar-refractivity contribution is 6.31. The van der Waals surface area contributed by atoms with E-state index in [4.69, 9.17) is 11.6 Å². The monoisotopic (exact) mass is 368 g/mol. The molecule has 0 bridgehead atoms. The summed E-state index contributed by atoms with van der Waals surface area (Å²) in [6, 6.07) is 1.17. The Morgan fingerprint density at radius 2 is 2.00 bits per heavy atom. The molecule has 0 aliphatic carbocycles. The van der Waals surface area contributed by atoms with Crippen molar-refractivity contribution in [1.29, 1.82) is 0 Å². The third kappa shape index (κ3) is 3.66. The van der Waals surface area contributed by atoms with E-state index >= 15 is 0 Å². The topological polar surface area (TPSA) is 88.4 Å². The smallest absolute Gasteiger partial charge is 0.326 e. The minimum absolute atomic E-state index is 0.00724. The molecule has 1 heterocycles. The Kier molecular flexibility index (Phi) is 5.47. The van der Waals surface area contributed by atoms with Crippen LogP contribution in [0, 0.1) is 11.7 Å². The number of rotatable bonds is 5. The lowest BCUT2D eigenvalue weighted by atomic mass is 10.0. The van der Waals surface area contributed by atoms with Gasteiger partial charge in [-0.1, -0.05) is 25.4 Å². The molecule has 0 fully saturated rings. The molecular formula is C17H18ClFN2O4. The fraction of sp³-hybridized carbons (Fsp3) is 0.353. The van der Waals surface area contributed by atoms with E-state index in [1.54, 1.807) is 25.3 Å². The summed E-state index contributed by atoms with van der Waals surface area (Å²) < 4.78 is 15.3. The Balaban J connectivity index is 2.60. The molecule has 1 amide bonds. The van der Waals surface area contributed by atoms with Crippen molar-refractivity contribution in [2.24, 2.45) is 5.92 Å². The number of halogens is 2. The molecule has 1 aromatic carbocycles. The van der Waals surface area contributed by atoms with Crippen LogP contribution in [-0.2, 0) is 11.3 Å². The van der Waals surface area contributed by atoms with E-state index in [-0.39, 0.29) is 21.9 Å². The Hall–Kier alpha value is -2.41. The van der Waals surface area contributed by atoms with Crippen molar-refractivity contribution >= 4 is 34.4 Å². The molecule has 2 rings (SSSR count). The number of aryl methyl sites for hydroxylation is 1. The van der Waals surface area contributed by atoms with Crippen molar-refractivity contribution in [3.05, 3.63) is 45.0 Å². The van der Waals surface area contributed by atoms with Crippen LogP contribution in [0.4, 0.5) is 4.39 Å². The van der Waals surface area contributed by atoms with Crippen LogP contribution in [0.2, 0.25) is 5.02 Å². The molecule has 1 atom stereocenters. The standard InChI is InChI=1S/C17H18ClFN2O4/c1-4-21-7-10(16(23)20-14(8(2)3)17(24)25)15(22)9-5-12(19)11(18)6-13(9)21/h5-8,14H,4H2,1-3H3,(H,20,23)(H,24,25)/t14-/m0/s1. The SMILES string of the molecule is CCn1cc(C(=O)N[C@H](C(=O)O)C(C)C)c(=O)c2cc(F)c(Cl)cc21. The molecule has 0 aliphatic rings. The number of amides is 1. The average Bonchev–Trinajstić information content (AvgIpc) is 2.54. The summed E-state index contributed by atoms with van der Waals surface area (Å²) in [4.78, 5) is 36.3. The van der Waals surface area contributed by atoms with E-state index in [0.717, 1.165) is 6.07 Å². The minimum Gasteiger partial charge on any atom is -0.480 e. The van der Waals surface area contributed by atoms with E-state index in [1.165, 1.54) is 12.3 Å². The Labute approximate surface area is 148 Å². The lowest BCUT2D eigenvalue weighted by Gasteiger charge is -2.18. The van der Waals surface area contributed by atoms with Crippen molar-refractivity contribution in [3.8, 4) is 0 Å². The van der Waals surface area contributed by atoms with E-state index in [2.05, 4.69) is 5.32 Å². The molecule has 6 nitrogen and oxygen atoms in total. The number of carboxylic acids is 1.